The highest BCUT2D eigenvalue weighted by atomic mass is 15.1. The van der Waals surface area contributed by atoms with Gasteiger partial charge in [0, 0.05) is 33.2 Å². The minimum Gasteiger partial charge on any atom is -0.310 e. The molecule has 0 unspecified atom stereocenters. The molecular weight excluding hydrogens is 809 g/mol. The first-order valence-corrected chi connectivity index (χ1v) is 23.3. The average molecular weight is 851 g/mol. The van der Waals surface area contributed by atoms with E-state index in [2.05, 4.69) is 264 Å². The number of nitrogens with zero attached hydrogens (tertiary/aromatic N) is 2. The largest absolute Gasteiger partial charge is 0.310 e. The quantitative estimate of drug-likeness (QED) is 0.162. The molecule has 0 N–H and O–H groups in total. The minimum absolute atomic E-state index is 0.393. The van der Waals surface area contributed by atoms with Crippen LogP contribution in [0.2, 0.25) is 0 Å². The summed E-state index contributed by atoms with van der Waals surface area (Å²) in [6.45, 7) is 0. The number of benzene rings is 11. The second-order valence-corrected chi connectivity index (χ2v) is 17.9. The lowest BCUT2D eigenvalue weighted by Crippen LogP contribution is -2.25. The maximum absolute atomic E-state index is 2.41. The van der Waals surface area contributed by atoms with Crippen LogP contribution in [0.3, 0.4) is 0 Å². The van der Waals surface area contributed by atoms with Crippen molar-refractivity contribution in [3.63, 3.8) is 0 Å². The van der Waals surface area contributed by atoms with E-state index >= 15 is 0 Å². The van der Waals surface area contributed by atoms with Gasteiger partial charge in [0.2, 0.25) is 0 Å². The molecule has 0 bridgehead atoms. The molecule has 0 radical (unpaired) electrons. The van der Waals surface area contributed by atoms with E-state index in [0.717, 1.165) is 22.7 Å². The van der Waals surface area contributed by atoms with E-state index in [9.17, 15) is 0 Å². The number of fused-ring (bicyclic) bond motifs is 14. The van der Waals surface area contributed by atoms with Crippen LogP contribution in [0.1, 0.15) is 22.3 Å². The molecule has 11 aromatic carbocycles. The zero-order chi connectivity index (χ0) is 44.1. The third-order valence-corrected chi connectivity index (χ3v) is 14.6. The molecule has 14 rings (SSSR count). The van der Waals surface area contributed by atoms with Crippen molar-refractivity contribution in [3.05, 3.63) is 277 Å². The molecule has 12 aromatic rings. The summed E-state index contributed by atoms with van der Waals surface area (Å²) in [7, 11) is 0. The summed E-state index contributed by atoms with van der Waals surface area (Å²) in [5.41, 5.74) is 22.1. The molecule has 1 aromatic heterocycles. The van der Waals surface area contributed by atoms with Crippen molar-refractivity contribution in [3.8, 4) is 50.2 Å². The van der Waals surface area contributed by atoms with Crippen LogP contribution in [-0.4, -0.2) is 4.57 Å². The normalized spacial score (nSPS) is 12.9. The topological polar surface area (TPSA) is 8.17 Å². The van der Waals surface area contributed by atoms with Gasteiger partial charge < -0.3 is 9.47 Å². The summed E-state index contributed by atoms with van der Waals surface area (Å²) in [6.07, 6.45) is 0. The van der Waals surface area contributed by atoms with E-state index < -0.39 is 5.41 Å². The van der Waals surface area contributed by atoms with Crippen LogP contribution in [0, 0.1) is 0 Å². The van der Waals surface area contributed by atoms with Gasteiger partial charge in [-0.2, -0.15) is 0 Å². The van der Waals surface area contributed by atoms with Crippen molar-refractivity contribution < 1.29 is 0 Å². The molecule has 67 heavy (non-hydrogen) atoms. The van der Waals surface area contributed by atoms with Gasteiger partial charge in [-0.25, -0.2) is 0 Å². The van der Waals surface area contributed by atoms with E-state index in [1.165, 1.54) is 99.3 Å². The number of hydrogen-bond donors (Lipinski definition) is 0. The lowest BCUT2D eigenvalue weighted by molar-refractivity contribution is 0.794. The highest BCUT2D eigenvalue weighted by Crippen LogP contribution is 2.64. The molecule has 2 heteroatoms. The number of para-hydroxylation sites is 3. The molecule has 2 nitrogen and oxygen atoms in total. The Morgan fingerprint density at radius 2 is 0.746 bits per heavy atom. The van der Waals surface area contributed by atoms with Gasteiger partial charge in [0.25, 0.3) is 0 Å². The summed E-state index contributed by atoms with van der Waals surface area (Å²) in [5.74, 6) is 0. The summed E-state index contributed by atoms with van der Waals surface area (Å²) < 4.78 is 2.37. The number of rotatable bonds is 6. The Morgan fingerprint density at radius 1 is 0.284 bits per heavy atom. The van der Waals surface area contributed by atoms with E-state index in [1.807, 2.05) is 0 Å². The molecule has 1 spiro atoms. The van der Waals surface area contributed by atoms with Gasteiger partial charge in [-0.05, 0) is 127 Å². The monoisotopic (exact) mass is 850 g/mol. The maximum Gasteiger partial charge on any atom is 0.0725 e. The second kappa shape index (κ2) is 14.7. The predicted molar refractivity (Wildman–Crippen MR) is 280 cm³/mol. The standard InChI is InChI=1S/C65H42N2/c1-2-17-45(18-3-1)66(46-37-33-43(34-38-46)44-35-39-47(40-36-44)67-61-31-14-9-23-53(61)54-24-10-15-32-62(54)67)63-42-41-49(48-19-4-5-22-52(48)63)55-26-16-30-60-64(55)56-25-8-13-29-59(56)65(60)57-27-11-6-20-50(57)51-21-7-12-28-58(51)65/h1-42H. The first-order valence-electron chi connectivity index (χ1n) is 23.3. The van der Waals surface area contributed by atoms with Crippen LogP contribution in [0.25, 0.3) is 82.8 Å². The molecule has 0 atom stereocenters. The first-order chi connectivity index (χ1) is 33.3. The molecule has 0 saturated heterocycles. The van der Waals surface area contributed by atoms with E-state index in [1.54, 1.807) is 0 Å². The molecule has 0 fully saturated rings. The van der Waals surface area contributed by atoms with Gasteiger partial charge in [0.1, 0.15) is 0 Å². The fourth-order valence-electron chi connectivity index (χ4n) is 11.9. The molecular formula is C65H42N2. The third kappa shape index (κ3) is 5.39. The number of hydrogen-bond acceptors (Lipinski definition) is 1. The first kappa shape index (κ1) is 37.6. The van der Waals surface area contributed by atoms with Crippen LogP contribution in [0.15, 0.2) is 255 Å². The Hall–Kier alpha value is -8.72. The third-order valence-electron chi connectivity index (χ3n) is 14.6. The van der Waals surface area contributed by atoms with Crippen LogP contribution in [0.4, 0.5) is 17.1 Å². The van der Waals surface area contributed by atoms with Crippen LogP contribution >= 0.6 is 0 Å². The van der Waals surface area contributed by atoms with Crippen molar-refractivity contribution in [1.82, 2.24) is 4.57 Å². The fraction of sp³-hybridized carbons (Fsp3) is 0.0154. The summed E-state index contributed by atoms with van der Waals surface area (Å²) in [5, 5.41) is 4.96. The van der Waals surface area contributed by atoms with Crippen LogP contribution in [-0.2, 0) is 5.41 Å². The fourth-order valence-corrected chi connectivity index (χ4v) is 11.9. The Morgan fingerprint density at radius 3 is 1.39 bits per heavy atom. The molecule has 2 aliphatic carbocycles. The van der Waals surface area contributed by atoms with Crippen LogP contribution in [0.5, 0.6) is 0 Å². The van der Waals surface area contributed by atoms with Gasteiger partial charge >= 0.3 is 0 Å². The van der Waals surface area contributed by atoms with E-state index in [0.29, 0.717) is 0 Å². The Labute approximate surface area is 389 Å². The van der Waals surface area contributed by atoms with Gasteiger partial charge in [-0.15, -0.1) is 0 Å². The van der Waals surface area contributed by atoms with Crippen molar-refractivity contribution >= 4 is 49.6 Å². The average Bonchev–Trinajstić information content (AvgIpc) is 4.02. The second-order valence-electron chi connectivity index (χ2n) is 17.9. The summed E-state index contributed by atoms with van der Waals surface area (Å²) in [4.78, 5) is 2.41. The number of aromatic nitrogens is 1. The molecule has 312 valence electrons. The Kier molecular flexibility index (Phi) is 8.23. The lowest BCUT2D eigenvalue weighted by atomic mass is 9.70. The molecule has 1 heterocycles. The number of anilines is 3. The van der Waals surface area contributed by atoms with Gasteiger partial charge in [-0.3, -0.25) is 0 Å². The smallest absolute Gasteiger partial charge is 0.0725 e. The molecule has 2 aliphatic rings. The molecule has 0 saturated carbocycles. The van der Waals surface area contributed by atoms with E-state index in [4.69, 9.17) is 0 Å². The van der Waals surface area contributed by atoms with E-state index in [-0.39, 0.29) is 0 Å². The summed E-state index contributed by atoms with van der Waals surface area (Å²) in [6, 6.07) is 94.1. The Balaban J connectivity index is 0.882. The van der Waals surface area contributed by atoms with Crippen molar-refractivity contribution in [2.75, 3.05) is 4.90 Å². The highest BCUT2D eigenvalue weighted by Gasteiger charge is 2.52. The molecule has 0 aliphatic heterocycles. The SMILES string of the molecule is c1ccc(N(c2ccc(-c3ccc(-n4c5ccccc5c5ccccc54)cc3)cc2)c2ccc(-c3cccc4c3-c3ccccc3C43c4ccccc4-c4ccccc43)c3ccccc23)cc1. The minimum atomic E-state index is -0.393. The zero-order valence-corrected chi connectivity index (χ0v) is 36.6. The lowest BCUT2D eigenvalue weighted by Gasteiger charge is -2.30. The van der Waals surface area contributed by atoms with Crippen molar-refractivity contribution in [2.45, 2.75) is 5.41 Å². The zero-order valence-electron chi connectivity index (χ0n) is 36.6. The molecule has 0 amide bonds. The highest BCUT2D eigenvalue weighted by molar-refractivity contribution is 6.11. The van der Waals surface area contributed by atoms with Gasteiger partial charge in [-0.1, -0.05) is 200 Å². The predicted octanol–water partition coefficient (Wildman–Crippen LogP) is 17.1. The van der Waals surface area contributed by atoms with Crippen LogP contribution < -0.4 is 4.90 Å². The van der Waals surface area contributed by atoms with Gasteiger partial charge in [0.15, 0.2) is 0 Å². The summed E-state index contributed by atoms with van der Waals surface area (Å²) >= 11 is 0. The Bertz CT molecular complexity index is 3820. The van der Waals surface area contributed by atoms with Crippen molar-refractivity contribution in [1.29, 1.82) is 0 Å². The van der Waals surface area contributed by atoms with Crippen molar-refractivity contribution in [2.24, 2.45) is 0 Å². The van der Waals surface area contributed by atoms with Gasteiger partial charge in [0.05, 0.1) is 22.1 Å². The maximum atomic E-state index is 2.41.